The van der Waals surface area contributed by atoms with Gasteiger partial charge in [0, 0.05) is 18.7 Å². The van der Waals surface area contributed by atoms with Crippen LogP contribution >= 0.6 is 0 Å². The Hall–Kier alpha value is -2.29. The molecule has 3 heteroatoms. The van der Waals surface area contributed by atoms with E-state index in [9.17, 15) is 4.79 Å². The second-order valence-corrected chi connectivity index (χ2v) is 6.64. The molecule has 2 aromatic carbocycles. The normalized spacial score (nSPS) is 23.5. The molecule has 1 fully saturated rings. The Morgan fingerprint density at radius 3 is 2.78 bits per heavy atom. The van der Waals surface area contributed by atoms with Gasteiger partial charge in [-0.1, -0.05) is 48.0 Å². The van der Waals surface area contributed by atoms with E-state index in [2.05, 4.69) is 65.7 Å². The van der Waals surface area contributed by atoms with Gasteiger partial charge in [-0.25, -0.2) is 0 Å². The number of carbonyl (C=O) groups is 1. The number of carbonyl (C=O) groups excluding carboxylic acids is 1. The largest absolute Gasteiger partial charge is 0.378 e. The number of aryl methyl sites for hydroxylation is 1. The van der Waals surface area contributed by atoms with E-state index in [0.717, 1.165) is 25.1 Å². The van der Waals surface area contributed by atoms with Crippen molar-refractivity contribution in [3.05, 3.63) is 65.2 Å². The van der Waals surface area contributed by atoms with Crippen molar-refractivity contribution in [3.8, 4) is 0 Å². The van der Waals surface area contributed by atoms with E-state index >= 15 is 0 Å². The summed E-state index contributed by atoms with van der Waals surface area (Å²) in [5.74, 6) is 0.301. The lowest BCUT2D eigenvalue weighted by Crippen LogP contribution is -2.35. The molecular formula is C20H22N2O. The first-order valence-corrected chi connectivity index (χ1v) is 8.44. The zero-order valence-corrected chi connectivity index (χ0v) is 13.5. The van der Waals surface area contributed by atoms with E-state index in [4.69, 9.17) is 0 Å². The summed E-state index contributed by atoms with van der Waals surface area (Å²) in [6, 6.07) is 17.5. The number of anilines is 1. The number of hydrogen-bond acceptors (Lipinski definition) is 2. The summed E-state index contributed by atoms with van der Waals surface area (Å²) in [7, 11) is 0. The van der Waals surface area contributed by atoms with Gasteiger partial charge in [-0.3, -0.25) is 4.79 Å². The van der Waals surface area contributed by atoms with Gasteiger partial charge < -0.3 is 10.2 Å². The molecule has 2 aliphatic rings. The van der Waals surface area contributed by atoms with Crippen molar-refractivity contribution in [2.75, 3.05) is 11.9 Å². The molecular weight excluding hydrogens is 284 g/mol. The Labute approximate surface area is 137 Å². The zero-order valence-electron chi connectivity index (χ0n) is 13.5. The Morgan fingerprint density at radius 2 is 2.00 bits per heavy atom. The number of likely N-dealkylation sites (tertiary alicyclic amines) is 1. The average Bonchev–Trinajstić information content (AvgIpc) is 3.00. The fourth-order valence-corrected chi connectivity index (χ4v) is 3.92. The van der Waals surface area contributed by atoms with Gasteiger partial charge in [-0.15, -0.1) is 0 Å². The van der Waals surface area contributed by atoms with E-state index in [1.807, 2.05) is 0 Å². The smallest absolute Gasteiger partial charge is 0.223 e. The van der Waals surface area contributed by atoms with Gasteiger partial charge >= 0.3 is 0 Å². The standard InChI is InChI=1S/C20H22N2O/c1-14-6-4-7-15(12-14)18-13-19(22-11-5-10-20(22)23)16-8-2-3-9-17(16)21-18/h2-4,6-9,12,18-19,21H,5,10-11,13H2,1H3/t18-,19-/m0/s1. The predicted molar refractivity (Wildman–Crippen MR) is 92.3 cm³/mol. The monoisotopic (exact) mass is 306 g/mol. The van der Waals surface area contributed by atoms with Gasteiger partial charge in [0.05, 0.1) is 12.1 Å². The first-order valence-electron chi connectivity index (χ1n) is 8.44. The number of fused-ring (bicyclic) bond motifs is 1. The molecule has 0 aromatic heterocycles. The maximum atomic E-state index is 12.3. The van der Waals surface area contributed by atoms with Crippen LogP contribution in [0.3, 0.4) is 0 Å². The zero-order chi connectivity index (χ0) is 15.8. The number of nitrogens with one attached hydrogen (secondary N) is 1. The van der Waals surface area contributed by atoms with Gasteiger partial charge in [-0.2, -0.15) is 0 Å². The van der Waals surface area contributed by atoms with Crippen LogP contribution in [0.15, 0.2) is 48.5 Å². The molecule has 23 heavy (non-hydrogen) atoms. The highest BCUT2D eigenvalue weighted by Gasteiger charge is 2.35. The summed E-state index contributed by atoms with van der Waals surface area (Å²) in [4.78, 5) is 14.4. The molecule has 2 aliphatic heterocycles. The molecule has 118 valence electrons. The molecule has 3 nitrogen and oxygen atoms in total. The van der Waals surface area contributed by atoms with Crippen LogP contribution in [0.4, 0.5) is 5.69 Å². The molecule has 1 N–H and O–H groups in total. The van der Waals surface area contributed by atoms with E-state index < -0.39 is 0 Å². The maximum Gasteiger partial charge on any atom is 0.223 e. The molecule has 0 saturated carbocycles. The minimum atomic E-state index is 0.188. The lowest BCUT2D eigenvalue weighted by molar-refractivity contribution is -0.130. The maximum absolute atomic E-state index is 12.3. The molecule has 1 amide bonds. The third-order valence-electron chi connectivity index (χ3n) is 5.04. The number of rotatable bonds is 2. The minimum Gasteiger partial charge on any atom is -0.378 e. The predicted octanol–water partition coefficient (Wildman–Crippen LogP) is 4.22. The quantitative estimate of drug-likeness (QED) is 0.901. The van der Waals surface area contributed by atoms with Crippen LogP contribution in [-0.4, -0.2) is 17.4 Å². The van der Waals surface area contributed by atoms with E-state index in [1.165, 1.54) is 16.7 Å². The molecule has 0 spiro atoms. The highest BCUT2D eigenvalue weighted by molar-refractivity contribution is 5.79. The number of amides is 1. The Morgan fingerprint density at radius 1 is 1.13 bits per heavy atom. The fourth-order valence-electron chi connectivity index (χ4n) is 3.92. The lowest BCUT2D eigenvalue weighted by Gasteiger charge is -2.38. The van der Waals surface area contributed by atoms with Crippen molar-refractivity contribution >= 4 is 11.6 Å². The fraction of sp³-hybridized carbons (Fsp3) is 0.350. The van der Waals surface area contributed by atoms with Crippen LogP contribution in [0.1, 0.15) is 48.0 Å². The second kappa shape index (κ2) is 5.73. The summed E-state index contributed by atoms with van der Waals surface area (Å²) in [5.41, 5.74) is 5.00. The van der Waals surface area contributed by atoms with Crippen molar-refractivity contribution < 1.29 is 4.79 Å². The third-order valence-corrected chi connectivity index (χ3v) is 5.04. The summed E-state index contributed by atoms with van der Waals surface area (Å²) in [6.07, 6.45) is 2.62. The van der Waals surface area contributed by atoms with Crippen LogP contribution in [0, 0.1) is 6.92 Å². The van der Waals surface area contributed by atoms with Crippen molar-refractivity contribution in [2.45, 2.75) is 38.3 Å². The summed E-state index contributed by atoms with van der Waals surface area (Å²) >= 11 is 0. The molecule has 0 radical (unpaired) electrons. The molecule has 0 unspecified atom stereocenters. The highest BCUT2D eigenvalue weighted by atomic mass is 16.2. The lowest BCUT2D eigenvalue weighted by atomic mass is 9.88. The van der Waals surface area contributed by atoms with Crippen LogP contribution < -0.4 is 5.32 Å². The molecule has 2 aromatic rings. The number of para-hydroxylation sites is 1. The van der Waals surface area contributed by atoms with Gasteiger partial charge in [0.15, 0.2) is 0 Å². The molecule has 2 heterocycles. The number of benzene rings is 2. The van der Waals surface area contributed by atoms with Gasteiger partial charge in [0.25, 0.3) is 0 Å². The Kier molecular flexibility index (Phi) is 3.56. The first kappa shape index (κ1) is 14.3. The van der Waals surface area contributed by atoms with Crippen LogP contribution in [0.5, 0.6) is 0 Å². The SMILES string of the molecule is Cc1cccc([C@@H]2C[C@H](N3CCCC3=O)c3ccccc3N2)c1. The first-order chi connectivity index (χ1) is 11.2. The summed E-state index contributed by atoms with van der Waals surface area (Å²) < 4.78 is 0. The van der Waals surface area contributed by atoms with Crippen LogP contribution in [0.25, 0.3) is 0 Å². The van der Waals surface area contributed by atoms with Gasteiger partial charge in [-0.05, 0) is 37.0 Å². The topological polar surface area (TPSA) is 32.3 Å². The summed E-state index contributed by atoms with van der Waals surface area (Å²) in [5, 5.41) is 3.67. The molecule has 0 bridgehead atoms. The molecule has 4 rings (SSSR count). The van der Waals surface area contributed by atoms with E-state index in [-0.39, 0.29) is 12.1 Å². The Balaban J connectivity index is 1.72. The number of hydrogen-bond donors (Lipinski definition) is 1. The molecule has 1 saturated heterocycles. The number of nitrogens with zero attached hydrogens (tertiary/aromatic N) is 1. The van der Waals surface area contributed by atoms with Gasteiger partial charge in [0.2, 0.25) is 5.91 Å². The highest BCUT2D eigenvalue weighted by Crippen LogP contribution is 2.43. The van der Waals surface area contributed by atoms with Crippen LogP contribution in [-0.2, 0) is 4.79 Å². The van der Waals surface area contributed by atoms with E-state index in [1.54, 1.807) is 0 Å². The average molecular weight is 306 g/mol. The van der Waals surface area contributed by atoms with Gasteiger partial charge in [0.1, 0.15) is 0 Å². The van der Waals surface area contributed by atoms with E-state index in [0.29, 0.717) is 12.3 Å². The Bertz CT molecular complexity index is 740. The van der Waals surface area contributed by atoms with Crippen LogP contribution in [0.2, 0.25) is 0 Å². The third kappa shape index (κ3) is 2.61. The minimum absolute atomic E-state index is 0.188. The summed E-state index contributed by atoms with van der Waals surface area (Å²) in [6.45, 7) is 3.01. The molecule has 2 atom stereocenters. The van der Waals surface area contributed by atoms with Crippen molar-refractivity contribution in [1.82, 2.24) is 4.90 Å². The van der Waals surface area contributed by atoms with Crippen molar-refractivity contribution in [2.24, 2.45) is 0 Å². The van der Waals surface area contributed by atoms with Crippen molar-refractivity contribution in [1.29, 1.82) is 0 Å². The van der Waals surface area contributed by atoms with Crippen molar-refractivity contribution in [3.63, 3.8) is 0 Å². The second-order valence-electron chi connectivity index (χ2n) is 6.64. The molecule has 0 aliphatic carbocycles.